The Bertz CT molecular complexity index is 403. The van der Waals surface area contributed by atoms with Gasteiger partial charge in [-0.05, 0) is 50.3 Å². The molecule has 1 aromatic carbocycles. The maximum absolute atomic E-state index is 5.46. The first-order valence-electron chi connectivity index (χ1n) is 6.20. The minimum Gasteiger partial charge on any atom is -0.493 e. The lowest BCUT2D eigenvalue weighted by Crippen LogP contribution is -2.33. The van der Waals surface area contributed by atoms with E-state index in [4.69, 9.17) is 9.47 Å². The summed E-state index contributed by atoms with van der Waals surface area (Å²) in [6.45, 7) is 3.34. The van der Waals surface area contributed by atoms with Crippen LogP contribution in [0.25, 0.3) is 0 Å². The number of ether oxygens (including phenoxy) is 2. The van der Waals surface area contributed by atoms with Crippen molar-refractivity contribution in [3.05, 3.63) is 17.7 Å². The van der Waals surface area contributed by atoms with Crippen molar-refractivity contribution in [2.45, 2.75) is 30.2 Å². The average Bonchev–Trinajstić information content (AvgIpc) is 2.85. The summed E-state index contributed by atoms with van der Waals surface area (Å²) in [5, 5.41) is 3.58. The molecule has 1 N–H and O–H groups in total. The molecule has 0 amide bonds. The molecule has 1 aliphatic rings. The fourth-order valence-electron chi connectivity index (χ4n) is 2.54. The summed E-state index contributed by atoms with van der Waals surface area (Å²) in [4.78, 5) is 1.13. The summed E-state index contributed by atoms with van der Waals surface area (Å²) >= 11 is 1.69. The molecule has 18 heavy (non-hydrogen) atoms. The molecule has 2 rings (SSSR count). The maximum Gasteiger partial charge on any atom is 0.174 e. The van der Waals surface area contributed by atoms with Crippen LogP contribution in [0.5, 0.6) is 11.5 Å². The zero-order chi connectivity index (χ0) is 13.2. The highest BCUT2D eigenvalue weighted by atomic mass is 32.2. The minimum atomic E-state index is 0.0596. The van der Waals surface area contributed by atoms with Crippen LogP contribution in [0.3, 0.4) is 0 Å². The van der Waals surface area contributed by atoms with Crippen molar-refractivity contribution in [3.8, 4) is 11.5 Å². The van der Waals surface area contributed by atoms with E-state index in [0.29, 0.717) is 0 Å². The molecular weight excluding hydrogens is 246 g/mol. The molecule has 4 heteroatoms. The fraction of sp³-hybridized carbons (Fsp3) is 0.571. The molecule has 1 saturated heterocycles. The Labute approximate surface area is 113 Å². The van der Waals surface area contributed by atoms with E-state index in [0.717, 1.165) is 29.4 Å². The summed E-state index contributed by atoms with van der Waals surface area (Å²) < 4.78 is 10.9. The van der Waals surface area contributed by atoms with Gasteiger partial charge in [0.2, 0.25) is 0 Å². The van der Waals surface area contributed by atoms with Gasteiger partial charge < -0.3 is 14.8 Å². The standard InChI is InChI=1S/C14H21NO2S/c1-14(6-5-7-15-14)10-8-11(16-2)13(17-3)12(9-10)18-4/h8-9,15H,5-7H2,1-4H3. The molecule has 0 radical (unpaired) electrons. The molecule has 1 fully saturated rings. The highest BCUT2D eigenvalue weighted by molar-refractivity contribution is 7.98. The van der Waals surface area contributed by atoms with Crippen molar-refractivity contribution >= 4 is 11.8 Å². The van der Waals surface area contributed by atoms with Crippen LogP contribution in [0.1, 0.15) is 25.3 Å². The van der Waals surface area contributed by atoms with Crippen molar-refractivity contribution in [1.29, 1.82) is 0 Å². The second kappa shape index (κ2) is 5.41. The van der Waals surface area contributed by atoms with E-state index in [-0.39, 0.29) is 5.54 Å². The van der Waals surface area contributed by atoms with Crippen LogP contribution < -0.4 is 14.8 Å². The zero-order valence-corrected chi connectivity index (χ0v) is 12.3. The Kier molecular flexibility index (Phi) is 4.07. The van der Waals surface area contributed by atoms with Crippen molar-refractivity contribution in [1.82, 2.24) is 5.32 Å². The smallest absolute Gasteiger partial charge is 0.174 e. The maximum atomic E-state index is 5.46. The third-order valence-electron chi connectivity index (χ3n) is 3.67. The minimum absolute atomic E-state index is 0.0596. The van der Waals surface area contributed by atoms with Crippen LogP contribution in [-0.2, 0) is 5.54 Å². The molecule has 0 saturated carbocycles. The second-order valence-electron chi connectivity index (χ2n) is 4.78. The van der Waals surface area contributed by atoms with Crippen molar-refractivity contribution in [3.63, 3.8) is 0 Å². The average molecular weight is 267 g/mol. The molecule has 1 heterocycles. The lowest BCUT2D eigenvalue weighted by atomic mass is 9.90. The molecule has 3 nitrogen and oxygen atoms in total. The number of nitrogens with one attached hydrogen (secondary N) is 1. The Morgan fingerprint density at radius 1 is 1.28 bits per heavy atom. The van der Waals surface area contributed by atoms with Crippen molar-refractivity contribution in [2.75, 3.05) is 27.0 Å². The fourth-order valence-corrected chi connectivity index (χ4v) is 3.15. The largest absolute Gasteiger partial charge is 0.493 e. The molecule has 1 unspecified atom stereocenters. The monoisotopic (exact) mass is 267 g/mol. The summed E-state index contributed by atoms with van der Waals surface area (Å²) in [7, 11) is 3.38. The van der Waals surface area contributed by atoms with E-state index < -0.39 is 0 Å². The van der Waals surface area contributed by atoms with Crippen LogP contribution in [-0.4, -0.2) is 27.0 Å². The summed E-state index contributed by atoms with van der Waals surface area (Å²) in [5.74, 6) is 1.64. The second-order valence-corrected chi connectivity index (χ2v) is 5.62. The van der Waals surface area contributed by atoms with Gasteiger partial charge in [0.15, 0.2) is 11.5 Å². The summed E-state index contributed by atoms with van der Waals surface area (Å²) in [6, 6.07) is 4.31. The molecule has 1 atom stereocenters. The van der Waals surface area contributed by atoms with E-state index in [1.54, 1.807) is 26.0 Å². The van der Waals surface area contributed by atoms with E-state index in [1.807, 2.05) is 0 Å². The number of hydrogen-bond acceptors (Lipinski definition) is 4. The summed E-state index contributed by atoms with van der Waals surface area (Å²) in [5.41, 5.74) is 1.34. The number of methoxy groups -OCH3 is 2. The van der Waals surface area contributed by atoms with Gasteiger partial charge in [-0.2, -0.15) is 0 Å². The molecular formula is C14H21NO2S. The van der Waals surface area contributed by atoms with Crippen LogP contribution in [0, 0.1) is 0 Å². The summed E-state index contributed by atoms with van der Waals surface area (Å²) in [6.07, 6.45) is 4.45. The molecule has 1 aromatic rings. The topological polar surface area (TPSA) is 30.5 Å². The third kappa shape index (κ3) is 2.31. The lowest BCUT2D eigenvalue weighted by Gasteiger charge is -2.27. The van der Waals surface area contributed by atoms with Crippen molar-refractivity contribution < 1.29 is 9.47 Å². The first-order valence-corrected chi connectivity index (χ1v) is 7.42. The lowest BCUT2D eigenvalue weighted by molar-refractivity contribution is 0.344. The Hall–Kier alpha value is -0.870. The van der Waals surface area contributed by atoms with E-state index in [2.05, 4.69) is 30.6 Å². The van der Waals surface area contributed by atoms with Gasteiger partial charge >= 0.3 is 0 Å². The third-order valence-corrected chi connectivity index (χ3v) is 4.41. The first-order chi connectivity index (χ1) is 8.64. The van der Waals surface area contributed by atoms with Gasteiger partial charge in [-0.15, -0.1) is 11.8 Å². The van der Waals surface area contributed by atoms with Crippen LogP contribution in [0.2, 0.25) is 0 Å². The number of hydrogen-bond donors (Lipinski definition) is 1. The SMILES string of the molecule is COc1cc(C2(C)CCCN2)cc(SC)c1OC. The Morgan fingerprint density at radius 2 is 2.06 bits per heavy atom. The zero-order valence-electron chi connectivity index (χ0n) is 11.5. The molecule has 0 spiro atoms. The van der Waals surface area contributed by atoms with Crippen LogP contribution in [0.4, 0.5) is 0 Å². The normalized spacial score (nSPS) is 23.1. The van der Waals surface area contributed by atoms with Crippen LogP contribution >= 0.6 is 11.8 Å². The molecule has 0 bridgehead atoms. The van der Waals surface area contributed by atoms with Gasteiger partial charge in [0.1, 0.15) is 0 Å². The van der Waals surface area contributed by atoms with Gasteiger partial charge in [-0.25, -0.2) is 0 Å². The van der Waals surface area contributed by atoms with Gasteiger partial charge in [0.25, 0.3) is 0 Å². The predicted molar refractivity (Wildman–Crippen MR) is 75.9 cm³/mol. The Morgan fingerprint density at radius 3 is 2.56 bits per heavy atom. The molecule has 100 valence electrons. The number of rotatable bonds is 4. The van der Waals surface area contributed by atoms with E-state index >= 15 is 0 Å². The quantitative estimate of drug-likeness (QED) is 0.850. The highest BCUT2D eigenvalue weighted by Crippen LogP contribution is 2.42. The van der Waals surface area contributed by atoms with Gasteiger partial charge in [-0.3, -0.25) is 0 Å². The number of thioether (sulfide) groups is 1. The highest BCUT2D eigenvalue weighted by Gasteiger charge is 2.31. The predicted octanol–water partition coefficient (Wildman–Crippen LogP) is 3.02. The molecule has 1 aliphatic heterocycles. The van der Waals surface area contributed by atoms with Gasteiger partial charge in [0.05, 0.1) is 19.1 Å². The first kappa shape index (κ1) is 13.6. The molecule has 0 aliphatic carbocycles. The van der Waals surface area contributed by atoms with Gasteiger partial charge in [0, 0.05) is 5.54 Å². The van der Waals surface area contributed by atoms with Crippen molar-refractivity contribution in [2.24, 2.45) is 0 Å². The van der Waals surface area contributed by atoms with E-state index in [9.17, 15) is 0 Å². The number of benzene rings is 1. The van der Waals surface area contributed by atoms with E-state index in [1.165, 1.54) is 12.0 Å². The van der Waals surface area contributed by atoms with Crippen LogP contribution in [0.15, 0.2) is 17.0 Å². The van der Waals surface area contributed by atoms with Gasteiger partial charge in [-0.1, -0.05) is 0 Å². The Balaban J connectivity index is 2.49. The molecule has 0 aromatic heterocycles.